The highest BCUT2D eigenvalue weighted by atomic mass is 32.2. The first-order valence-electron chi connectivity index (χ1n) is 9.38. The monoisotopic (exact) mass is 448 g/mol. The molecule has 2 saturated heterocycles. The van der Waals surface area contributed by atoms with E-state index in [1.807, 2.05) is 13.8 Å². The van der Waals surface area contributed by atoms with Crippen LogP contribution >= 0.6 is 11.8 Å². The zero-order valence-electron chi connectivity index (χ0n) is 15.8. The summed E-state index contributed by atoms with van der Waals surface area (Å²) < 4.78 is 74.2. The number of alkyl halides is 3. The first-order chi connectivity index (χ1) is 12.8. The fraction of sp³-hybridized carbons (Fsp3) is 0.941. The maximum Gasteiger partial charge on any atom is 0.400 e. The number of hydrogen-bond donors (Lipinski definition) is 2. The lowest BCUT2D eigenvalue weighted by Gasteiger charge is -2.34. The lowest BCUT2D eigenvalue weighted by Crippen LogP contribution is -2.40. The molecule has 6 nitrogen and oxygen atoms in total. The van der Waals surface area contributed by atoms with Crippen LogP contribution in [0.1, 0.15) is 52.4 Å². The van der Waals surface area contributed by atoms with E-state index in [0.717, 1.165) is 6.42 Å². The minimum absolute atomic E-state index is 0.0393. The Kier molecular flexibility index (Phi) is 7.37. The number of hydrogen-bond acceptors (Lipinski definition) is 6. The Bertz CT molecular complexity index is 668. The van der Waals surface area contributed by atoms with Crippen LogP contribution in [0.3, 0.4) is 0 Å². The second-order valence-corrected chi connectivity index (χ2v) is 10.6. The molecule has 5 atom stereocenters. The smallest absolute Gasteiger partial charge is 0.400 e. The van der Waals surface area contributed by atoms with Gasteiger partial charge in [0.2, 0.25) is 0 Å². The molecule has 164 valence electrons. The summed E-state index contributed by atoms with van der Waals surface area (Å²) in [6, 6.07) is 0. The molecule has 0 aromatic rings. The zero-order chi connectivity index (χ0) is 21.3. The topological polar surface area (TPSA) is 101 Å². The van der Waals surface area contributed by atoms with E-state index in [1.54, 1.807) is 11.8 Å². The van der Waals surface area contributed by atoms with Crippen LogP contribution in [0.4, 0.5) is 13.2 Å². The summed E-state index contributed by atoms with van der Waals surface area (Å²) in [5, 5.41) is 5.86. The summed E-state index contributed by atoms with van der Waals surface area (Å²) in [6.45, 7) is 3.11. The normalized spacial score (nSPS) is 29.1. The Morgan fingerprint density at radius 1 is 1.29 bits per heavy atom. The van der Waals surface area contributed by atoms with Crippen LogP contribution in [0.25, 0.3) is 0 Å². The van der Waals surface area contributed by atoms with Crippen LogP contribution < -0.4 is 0 Å². The molecule has 11 heteroatoms. The molecule has 2 bridgehead atoms. The predicted octanol–water partition coefficient (Wildman–Crippen LogP) is 3.19. The molecule has 0 aromatic heterocycles. The molecule has 0 spiro atoms. The summed E-state index contributed by atoms with van der Waals surface area (Å²) in [4.78, 5) is 12.3. The van der Waals surface area contributed by atoms with Crippen molar-refractivity contribution in [3.63, 3.8) is 0 Å². The molecule has 0 aliphatic carbocycles. The molecular weight excluding hydrogens is 421 g/mol. The van der Waals surface area contributed by atoms with Gasteiger partial charge < -0.3 is 9.84 Å². The van der Waals surface area contributed by atoms with Gasteiger partial charge in [-0.2, -0.15) is 29.0 Å². The molecule has 0 radical (unpaired) electrons. The first kappa shape index (κ1) is 23.8. The molecule has 5 unspecified atom stereocenters. The van der Waals surface area contributed by atoms with Crippen LogP contribution in [0, 0.1) is 11.8 Å². The molecule has 28 heavy (non-hydrogen) atoms. The minimum atomic E-state index is -5.88. The fourth-order valence-electron chi connectivity index (χ4n) is 4.01. The lowest BCUT2D eigenvalue weighted by molar-refractivity contribution is -0.150. The van der Waals surface area contributed by atoms with Crippen molar-refractivity contribution in [3.8, 4) is 0 Å². The van der Waals surface area contributed by atoms with E-state index in [4.69, 9.17) is 9.29 Å². The van der Waals surface area contributed by atoms with Crippen molar-refractivity contribution in [2.45, 2.75) is 79.9 Å². The second kappa shape index (κ2) is 8.69. The number of carbonyl (C=O) groups is 1. The molecule has 0 amide bonds. The number of ether oxygens (including phenoxy) is 1. The SMILES string of the molecule is CCC(O)(CC)CC1CC2CC(C(=O)OCCC(F)C(F)(F)S(=O)(=O)O)C1S2. The third-order valence-electron chi connectivity index (χ3n) is 5.88. The number of thioether (sulfide) groups is 1. The van der Waals surface area contributed by atoms with Gasteiger partial charge in [-0.15, -0.1) is 0 Å². The Balaban J connectivity index is 1.88. The molecule has 2 aliphatic rings. The van der Waals surface area contributed by atoms with Crippen molar-refractivity contribution >= 4 is 27.8 Å². The van der Waals surface area contributed by atoms with E-state index in [0.29, 0.717) is 25.7 Å². The Hall–Kier alpha value is -0.520. The largest absolute Gasteiger partial charge is 0.465 e. The van der Waals surface area contributed by atoms with Crippen molar-refractivity contribution in [2.24, 2.45) is 11.8 Å². The van der Waals surface area contributed by atoms with Crippen molar-refractivity contribution in [1.82, 2.24) is 0 Å². The van der Waals surface area contributed by atoms with Crippen molar-refractivity contribution in [2.75, 3.05) is 6.61 Å². The molecule has 2 N–H and O–H groups in total. The average Bonchev–Trinajstić information content (AvgIpc) is 3.20. The van der Waals surface area contributed by atoms with Gasteiger partial charge in [0.1, 0.15) is 0 Å². The van der Waals surface area contributed by atoms with Crippen molar-refractivity contribution in [3.05, 3.63) is 0 Å². The van der Waals surface area contributed by atoms with Gasteiger partial charge in [0.05, 0.1) is 18.1 Å². The van der Waals surface area contributed by atoms with E-state index in [1.165, 1.54) is 0 Å². The summed E-state index contributed by atoms with van der Waals surface area (Å²) in [7, 11) is -5.88. The van der Waals surface area contributed by atoms with Gasteiger partial charge in [0, 0.05) is 16.9 Å². The van der Waals surface area contributed by atoms with E-state index >= 15 is 0 Å². The molecular formula is C17H27F3O6S2. The molecule has 2 fully saturated rings. The van der Waals surface area contributed by atoms with E-state index in [2.05, 4.69) is 0 Å². The first-order valence-corrected chi connectivity index (χ1v) is 11.8. The number of halogens is 3. The molecule has 0 aromatic carbocycles. The summed E-state index contributed by atoms with van der Waals surface area (Å²) in [5.74, 6) is -0.931. The number of rotatable bonds is 10. The van der Waals surface area contributed by atoms with Gasteiger partial charge >= 0.3 is 21.3 Å². The summed E-state index contributed by atoms with van der Waals surface area (Å²) in [6.07, 6.45) is -0.946. The highest BCUT2D eigenvalue weighted by molar-refractivity contribution is 8.01. The number of fused-ring (bicyclic) bond motifs is 2. The van der Waals surface area contributed by atoms with Gasteiger partial charge in [-0.05, 0) is 38.0 Å². The number of aliphatic hydroxyl groups is 1. The quantitative estimate of drug-likeness (QED) is 0.391. The maximum atomic E-state index is 13.5. The standard InChI is InChI=1S/C17H27F3O6S2/c1-3-16(22,4-2)9-10-7-11-8-12(14(10)27-11)15(21)26-6-5-13(18)17(19,20)28(23,24)25/h10-14,22H,3-9H2,1-2H3,(H,23,24,25). The Morgan fingerprint density at radius 3 is 2.39 bits per heavy atom. The molecule has 2 heterocycles. The lowest BCUT2D eigenvalue weighted by atomic mass is 9.75. The number of carbonyl (C=O) groups excluding carboxylic acids is 1. The van der Waals surface area contributed by atoms with Crippen LogP contribution in [-0.4, -0.2) is 58.2 Å². The van der Waals surface area contributed by atoms with Crippen LogP contribution in [0.15, 0.2) is 0 Å². The van der Waals surface area contributed by atoms with Gasteiger partial charge in [0.25, 0.3) is 0 Å². The maximum absolute atomic E-state index is 13.5. The molecule has 0 saturated carbocycles. The number of esters is 1. The van der Waals surface area contributed by atoms with E-state index < -0.39 is 52.1 Å². The fourth-order valence-corrected chi connectivity index (χ4v) is 6.41. The van der Waals surface area contributed by atoms with Gasteiger partial charge in [-0.3, -0.25) is 9.35 Å². The minimum Gasteiger partial charge on any atom is -0.465 e. The van der Waals surface area contributed by atoms with Gasteiger partial charge in [-0.25, -0.2) is 4.39 Å². The molecule has 2 aliphatic heterocycles. The molecule has 2 rings (SSSR count). The second-order valence-electron chi connectivity index (χ2n) is 7.66. The third-order valence-corrected chi connectivity index (χ3v) is 8.62. The zero-order valence-corrected chi connectivity index (χ0v) is 17.4. The summed E-state index contributed by atoms with van der Waals surface area (Å²) in [5.41, 5.74) is -0.785. The Morgan fingerprint density at radius 2 is 1.89 bits per heavy atom. The van der Waals surface area contributed by atoms with Crippen molar-refractivity contribution < 1.29 is 40.8 Å². The summed E-state index contributed by atoms with van der Waals surface area (Å²) >= 11 is 1.67. The highest BCUT2D eigenvalue weighted by Crippen LogP contribution is 2.55. The Labute approximate surface area is 167 Å². The van der Waals surface area contributed by atoms with Crippen LogP contribution in [0.5, 0.6) is 0 Å². The van der Waals surface area contributed by atoms with E-state index in [9.17, 15) is 31.5 Å². The predicted molar refractivity (Wildman–Crippen MR) is 98.5 cm³/mol. The average molecular weight is 449 g/mol. The van der Waals surface area contributed by atoms with Crippen molar-refractivity contribution in [1.29, 1.82) is 0 Å². The van der Waals surface area contributed by atoms with Gasteiger partial charge in [0.15, 0.2) is 6.17 Å². The third kappa shape index (κ3) is 4.96. The highest BCUT2D eigenvalue weighted by Gasteiger charge is 2.53. The van der Waals surface area contributed by atoms with Crippen LogP contribution in [0.2, 0.25) is 0 Å². The van der Waals surface area contributed by atoms with Crippen LogP contribution in [-0.2, 0) is 19.6 Å². The van der Waals surface area contributed by atoms with Gasteiger partial charge in [-0.1, -0.05) is 13.8 Å². The van der Waals surface area contributed by atoms with E-state index in [-0.39, 0.29) is 16.4 Å².